The maximum Gasteiger partial charge on any atom is 0.220 e. The summed E-state index contributed by atoms with van der Waals surface area (Å²) in [7, 11) is 0. The van der Waals surface area contributed by atoms with Crippen LogP contribution in [-0.4, -0.2) is 11.5 Å². The van der Waals surface area contributed by atoms with Crippen molar-refractivity contribution in [3.8, 4) is 0 Å². The van der Waals surface area contributed by atoms with Gasteiger partial charge in [0.25, 0.3) is 0 Å². The fourth-order valence-electron chi connectivity index (χ4n) is 0.909. The maximum atomic E-state index is 6.60. The van der Waals surface area contributed by atoms with Crippen molar-refractivity contribution in [3.05, 3.63) is 41.0 Å². The van der Waals surface area contributed by atoms with Gasteiger partial charge < -0.3 is 4.85 Å². The molecule has 2 heteroatoms. The van der Waals surface area contributed by atoms with Crippen LogP contribution in [0.4, 0.5) is 0 Å². The SMILES string of the molecule is [C-]#[N+]CCc1cccc(C)n1. The number of aryl methyl sites for hydroxylation is 1. The van der Waals surface area contributed by atoms with Gasteiger partial charge >= 0.3 is 0 Å². The van der Waals surface area contributed by atoms with Crippen LogP contribution in [0.3, 0.4) is 0 Å². The molecule has 0 atom stereocenters. The van der Waals surface area contributed by atoms with Crippen molar-refractivity contribution in [1.29, 1.82) is 0 Å². The molecule has 0 fully saturated rings. The molecule has 0 saturated carbocycles. The number of hydrogen-bond acceptors (Lipinski definition) is 1. The molecule has 1 aromatic rings. The lowest BCUT2D eigenvalue weighted by molar-refractivity contribution is 0.977. The van der Waals surface area contributed by atoms with Gasteiger partial charge in [-0.2, -0.15) is 0 Å². The second-order valence-electron chi connectivity index (χ2n) is 2.40. The average molecular weight is 146 g/mol. The highest BCUT2D eigenvalue weighted by Crippen LogP contribution is 1.98. The highest BCUT2D eigenvalue weighted by molar-refractivity contribution is 5.10. The summed E-state index contributed by atoms with van der Waals surface area (Å²) in [5, 5.41) is 0. The van der Waals surface area contributed by atoms with Gasteiger partial charge in [0.15, 0.2) is 0 Å². The molecular weight excluding hydrogens is 136 g/mol. The predicted octanol–water partition coefficient (Wildman–Crippen LogP) is 1.85. The Morgan fingerprint density at radius 2 is 2.36 bits per heavy atom. The number of nitrogens with zero attached hydrogens (tertiary/aromatic N) is 2. The summed E-state index contributed by atoms with van der Waals surface area (Å²) in [6.45, 7) is 9.10. The van der Waals surface area contributed by atoms with E-state index in [4.69, 9.17) is 6.57 Å². The van der Waals surface area contributed by atoms with E-state index in [-0.39, 0.29) is 0 Å². The molecule has 0 radical (unpaired) electrons. The summed E-state index contributed by atoms with van der Waals surface area (Å²) in [6.07, 6.45) is 0.769. The van der Waals surface area contributed by atoms with Gasteiger partial charge in [0, 0.05) is 11.4 Å². The zero-order valence-electron chi connectivity index (χ0n) is 6.54. The van der Waals surface area contributed by atoms with Crippen molar-refractivity contribution >= 4 is 0 Å². The van der Waals surface area contributed by atoms with Crippen LogP contribution in [0, 0.1) is 13.5 Å². The summed E-state index contributed by atoms with van der Waals surface area (Å²) in [6, 6.07) is 5.89. The van der Waals surface area contributed by atoms with Crippen LogP contribution >= 0.6 is 0 Å². The molecule has 56 valence electrons. The zero-order valence-corrected chi connectivity index (χ0v) is 6.54. The quantitative estimate of drug-likeness (QED) is 0.582. The molecule has 0 bridgehead atoms. The molecule has 0 spiro atoms. The Balaban J connectivity index is 2.65. The molecule has 1 aromatic heterocycles. The summed E-state index contributed by atoms with van der Waals surface area (Å²) >= 11 is 0. The molecule has 1 heterocycles. The third kappa shape index (κ3) is 2.38. The van der Waals surface area contributed by atoms with Crippen molar-refractivity contribution < 1.29 is 0 Å². The van der Waals surface area contributed by atoms with Crippen molar-refractivity contribution in [2.45, 2.75) is 13.3 Å². The van der Waals surface area contributed by atoms with Crippen molar-refractivity contribution in [2.75, 3.05) is 6.54 Å². The van der Waals surface area contributed by atoms with Gasteiger partial charge in [-0.15, -0.1) is 0 Å². The van der Waals surface area contributed by atoms with Crippen LogP contribution in [0.5, 0.6) is 0 Å². The highest BCUT2D eigenvalue weighted by atomic mass is 14.7. The van der Waals surface area contributed by atoms with Crippen LogP contribution < -0.4 is 0 Å². The van der Waals surface area contributed by atoms with E-state index >= 15 is 0 Å². The van der Waals surface area contributed by atoms with Gasteiger partial charge in [-0.05, 0) is 19.1 Å². The zero-order chi connectivity index (χ0) is 8.10. The van der Waals surface area contributed by atoms with Crippen molar-refractivity contribution in [3.63, 3.8) is 0 Å². The molecule has 1 rings (SSSR count). The van der Waals surface area contributed by atoms with Gasteiger partial charge in [0.05, 0.1) is 6.42 Å². The molecule has 0 saturated heterocycles. The van der Waals surface area contributed by atoms with Gasteiger partial charge in [0.1, 0.15) is 0 Å². The van der Waals surface area contributed by atoms with E-state index in [0.717, 1.165) is 17.8 Å². The number of hydrogen-bond donors (Lipinski definition) is 0. The third-order valence-electron chi connectivity index (χ3n) is 1.43. The van der Waals surface area contributed by atoms with Crippen molar-refractivity contribution in [2.24, 2.45) is 0 Å². The maximum absolute atomic E-state index is 6.60. The first-order valence-electron chi connectivity index (χ1n) is 3.58. The Morgan fingerprint density at radius 3 is 3.00 bits per heavy atom. The van der Waals surface area contributed by atoms with E-state index in [1.807, 2.05) is 25.1 Å². The Labute approximate surface area is 66.7 Å². The Hall–Kier alpha value is -1.36. The topological polar surface area (TPSA) is 17.2 Å². The van der Waals surface area contributed by atoms with Crippen LogP contribution in [0.15, 0.2) is 18.2 Å². The predicted molar refractivity (Wildman–Crippen MR) is 44.1 cm³/mol. The van der Waals surface area contributed by atoms with Crippen molar-refractivity contribution in [1.82, 2.24) is 4.98 Å². The lowest BCUT2D eigenvalue weighted by atomic mass is 10.2. The fourth-order valence-corrected chi connectivity index (χ4v) is 0.909. The Bertz CT molecular complexity index is 273. The first kappa shape index (κ1) is 7.74. The lowest BCUT2D eigenvalue weighted by Crippen LogP contribution is -1.92. The van der Waals surface area contributed by atoms with Gasteiger partial charge in [-0.3, -0.25) is 4.98 Å². The molecule has 0 aliphatic carbocycles. The lowest BCUT2D eigenvalue weighted by Gasteiger charge is -1.95. The number of rotatable bonds is 2. The van der Waals surface area contributed by atoms with E-state index < -0.39 is 0 Å². The second-order valence-corrected chi connectivity index (χ2v) is 2.40. The van der Waals surface area contributed by atoms with Crippen LogP contribution in [0.25, 0.3) is 4.85 Å². The Morgan fingerprint density at radius 1 is 1.55 bits per heavy atom. The molecule has 11 heavy (non-hydrogen) atoms. The highest BCUT2D eigenvalue weighted by Gasteiger charge is 1.94. The van der Waals surface area contributed by atoms with Gasteiger partial charge in [-0.25, -0.2) is 6.57 Å². The first-order valence-corrected chi connectivity index (χ1v) is 3.58. The minimum Gasteiger partial charge on any atom is -0.317 e. The molecule has 2 nitrogen and oxygen atoms in total. The number of pyridine rings is 1. The third-order valence-corrected chi connectivity index (χ3v) is 1.43. The monoisotopic (exact) mass is 146 g/mol. The summed E-state index contributed by atoms with van der Waals surface area (Å²) < 4.78 is 0. The normalized spacial score (nSPS) is 9.09. The average Bonchev–Trinajstić information content (AvgIpc) is 2.01. The Kier molecular flexibility index (Phi) is 2.62. The summed E-state index contributed by atoms with van der Waals surface area (Å²) in [4.78, 5) is 7.54. The summed E-state index contributed by atoms with van der Waals surface area (Å²) in [5.41, 5.74) is 2.04. The standard InChI is InChI=1S/C9H10N2/c1-8-4-3-5-9(11-8)6-7-10-2/h3-5H,6-7H2,1H3. The molecular formula is C9H10N2. The molecule has 0 amide bonds. The minimum absolute atomic E-state index is 0.538. The van der Waals surface area contributed by atoms with Crippen LogP contribution in [0.2, 0.25) is 0 Å². The largest absolute Gasteiger partial charge is 0.317 e. The van der Waals surface area contributed by atoms with E-state index in [1.165, 1.54) is 0 Å². The fraction of sp³-hybridized carbons (Fsp3) is 0.333. The molecule has 0 unspecified atom stereocenters. The minimum atomic E-state index is 0.538. The van der Waals surface area contributed by atoms with Gasteiger partial charge in [0.2, 0.25) is 6.54 Å². The van der Waals surface area contributed by atoms with E-state index in [2.05, 4.69) is 9.83 Å². The van der Waals surface area contributed by atoms with E-state index in [0.29, 0.717) is 6.54 Å². The van der Waals surface area contributed by atoms with Crippen LogP contribution in [-0.2, 0) is 6.42 Å². The van der Waals surface area contributed by atoms with Gasteiger partial charge in [-0.1, -0.05) is 6.07 Å². The van der Waals surface area contributed by atoms with Crippen LogP contribution in [0.1, 0.15) is 11.4 Å². The molecule has 0 aliphatic heterocycles. The van der Waals surface area contributed by atoms with E-state index in [1.54, 1.807) is 0 Å². The number of aromatic nitrogens is 1. The molecule has 0 N–H and O–H groups in total. The molecule has 0 aromatic carbocycles. The summed E-state index contributed by atoms with van der Waals surface area (Å²) in [5.74, 6) is 0. The smallest absolute Gasteiger partial charge is 0.220 e. The first-order chi connectivity index (χ1) is 5.33. The van der Waals surface area contributed by atoms with E-state index in [9.17, 15) is 0 Å². The molecule has 0 aliphatic rings. The second kappa shape index (κ2) is 3.72.